The first-order valence-corrected chi connectivity index (χ1v) is 7.00. The Labute approximate surface area is 130 Å². The van der Waals surface area contributed by atoms with Crippen LogP contribution in [0, 0.1) is 9.39 Å². The highest BCUT2D eigenvalue weighted by Crippen LogP contribution is 2.35. The molecule has 0 aromatic heterocycles. The molecule has 0 aliphatic carbocycles. The molecule has 0 aliphatic rings. The van der Waals surface area contributed by atoms with Gasteiger partial charge in [0.2, 0.25) is 0 Å². The van der Waals surface area contributed by atoms with Crippen molar-refractivity contribution in [3.63, 3.8) is 0 Å². The van der Waals surface area contributed by atoms with E-state index in [9.17, 15) is 9.50 Å². The highest BCUT2D eigenvalue weighted by atomic mass is 127. The standard InChI is InChI=1S/C15H14FIO3/c1-19-13-7-10(11(16)8-14(13)20-2)15(18)9-5-3-4-6-12(9)17/h3-8,15,18H,1-2H3. The molecule has 0 saturated carbocycles. The molecule has 0 bridgehead atoms. The van der Waals surface area contributed by atoms with Crippen molar-refractivity contribution < 1.29 is 19.0 Å². The summed E-state index contributed by atoms with van der Waals surface area (Å²) in [6.07, 6.45) is -1.05. The van der Waals surface area contributed by atoms with Crippen LogP contribution < -0.4 is 9.47 Å². The molecule has 20 heavy (non-hydrogen) atoms. The molecule has 1 atom stereocenters. The Kier molecular flexibility index (Phi) is 4.82. The number of halogens is 2. The van der Waals surface area contributed by atoms with Gasteiger partial charge in [-0.2, -0.15) is 0 Å². The molecule has 1 N–H and O–H groups in total. The van der Waals surface area contributed by atoms with Gasteiger partial charge in [-0.1, -0.05) is 18.2 Å². The van der Waals surface area contributed by atoms with E-state index in [0.717, 1.165) is 3.57 Å². The molecule has 0 saturated heterocycles. The van der Waals surface area contributed by atoms with E-state index in [1.807, 2.05) is 12.1 Å². The SMILES string of the molecule is COc1cc(F)c(C(O)c2ccccc2I)cc1OC. The maximum Gasteiger partial charge on any atom is 0.163 e. The molecule has 106 valence electrons. The van der Waals surface area contributed by atoms with Gasteiger partial charge in [-0.25, -0.2) is 4.39 Å². The van der Waals surface area contributed by atoms with Crippen LogP contribution in [-0.4, -0.2) is 19.3 Å². The molecule has 0 radical (unpaired) electrons. The van der Waals surface area contributed by atoms with E-state index in [4.69, 9.17) is 9.47 Å². The number of methoxy groups -OCH3 is 2. The quantitative estimate of drug-likeness (QED) is 0.815. The fraction of sp³-hybridized carbons (Fsp3) is 0.200. The Balaban J connectivity index is 2.50. The first kappa shape index (κ1) is 15.1. The smallest absolute Gasteiger partial charge is 0.163 e. The Hall–Kier alpha value is -1.34. The van der Waals surface area contributed by atoms with Crippen molar-refractivity contribution >= 4 is 22.6 Å². The molecule has 2 rings (SSSR count). The monoisotopic (exact) mass is 388 g/mol. The number of aliphatic hydroxyl groups is 1. The molecular weight excluding hydrogens is 374 g/mol. The molecule has 0 aliphatic heterocycles. The Morgan fingerprint density at radius 1 is 1.05 bits per heavy atom. The van der Waals surface area contributed by atoms with Gasteiger partial charge in [0.25, 0.3) is 0 Å². The van der Waals surface area contributed by atoms with Crippen LogP contribution in [0.3, 0.4) is 0 Å². The van der Waals surface area contributed by atoms with Crippen LogP contribution in [0.15, 0.2) is 36.4 Å². The first-order valence-electron chi connectivity index (χ1n) is 5.92. The third-order valence-electron chi connectivity index (χ3n) is 3.00. The van der Waals surface area contributed by atoms with Crippen LogP contribution in [0.2, 0.25) is 0 Å². The molecule has 1 unspecified atom stereocenters. The predicted octanol–water partition coefficient (Wildman–Crippen LogP) is 3.53. The molecule has 5 heteroatoms. The van der Waals surface area contributed by atoms with E-state index in [-0.39, 0.29) is 5.56 Å². The molecule has 2 aromatic rings. The lowest BCUT2D eigenvalue weighted by molar-refractivity contribution is 0.213. The van der Waals surface area contributed by atoms with Crippen LogP contribution in [0.25, 0.3) is 0 Å². The van der Waals surface area contributed by atoms with Crippen LogP contribution in [0.1, 0.15) is 17.2 Å². The van der Waals surface area contributed by atoms with Crippen molar-refractivity contribution in [3.05, 3.63) is 56.9 Å². The Morgan fingerprint density at radius 3 is 2.25 bits per heavy atom. The first-order chi connectivity index (χ1) is 9.58. The molecule has 2 aromatic carbocycles. The molecule has 0 spiro atoms. The Morgan fingerprint density at radius 2 is 1.65 bits per heavy atom. The predicted molar refractivity (Wildman–Crippen MR) is 82.7 cm³/mol. The van der Waals surface area contributed by atoms with E-state index in [0.29, 0.717) is 17.1 Å². The summed E-state index contributed by atoms with van der Waals surface area (Å²) in [5, 5.41) is 10.4. The zero-order valence-electron chi connectivity index (χ0n) is 11.1. The van der Waals surface area contributed by atoms with Gasteiger partial charge in [0.15, 0.2) is 11.5 Å². The minimum atomic E-state index is -1.05. The molecule has 0 heterocycles. The highest BCUT2D eigenvalue weighted by Gasteiger charge is 2.20. The van der Waals surface area contributed by atoms with Gasteiger partial charge in [0.1, 0.15) is 11.9 Å². The van der Waals surface area contributed by atoms with Crippen LogP contribution in [0.5, 0.6) is 11.5 Å². The molecule has 0 amide bonds. The molecule has 3 nitrogen and oxygen atoms in total. The van der Waals surface area contributed by atoms with Gasteiger partial charge in [-0.05, 0) is 40.3 Å². The summed E-state index contributed by atoms with van der Waals surface area (Å²) in [5.41, 5.74) is 0.811. The average Bonchev–Trinajstić information content (AvgIpc) is 2.46. The second-order valence-electron chi connectivity index (χ2n) is 4.15. The summed E-state index contributed by atoms with van der Waals surface area (Å²) < 4.78 is 25.2. The van der Waals surface area contributed by atoms with Gasteiger partial charge in [0.05, 0.1) is 14.2 Å². The van der Waals surface area contributed by atoms with Gasteiger partial charge >= 0.3 is 0 Å². The van der Waals surface area contributed by atoms with Crippen molar-refractivity contribution in [2.45, 2.75) is 6.10 Å². The van der Waals surface area contributed by atoms with Crippen LogP contribution in [-0.2, 0) is 0 Å². The number of hydrogen-bond donors (Lipinski definition) is 1. The second-order valence-corrected chi connectivity index (χ2v) is 5.31. The summed E-state index contributed by atoms with van der Waals surface area (Å²) in [7, 11) is 2.91. The lowest BCUT2D eigenvalue weighted by Gasteiger charge is -2.16. The van der Waals surface area contributed by atoms with Crippen molar-refractivity contribution in [1.82, 2.24) is 0 Å². The number of benzene rings is 2. The summed E-state index contributed by atoms with van der Waals surface area (Å²) in [6.45, 7) is 0. The minimum absolute atomic E-state index is 0.159. The molecule has 0 fully saturated rings. The van der Waals surface area contributed by atoms with E-state index in [2.05, 4.69) is 22.6 Å². The maximum atomic E-state index is 14.1. The third-order valence-corrected chi connectivity index (χ3v) is 3.98. The van der Waals surface area contributed by atoms with Crippen molar-refractivity contribution in [1.29, 1.82) is 0 Å². The summed E-state index contributed by atoms with van der Waals surface area (Å²) in [4.78, 5) is 0. The van der Waals surface area contributed by atoms with Crippen LogP contribution in [0.4, 0.5) is 4.39 Å². The average molecular weight is 388 g/mol. The topological polar surface area (TPSA) is 38.7 Å². The van der Waals surface area contributed by atoms with Gasteiger partial charge in [0, 0.05) is 15.2 Å². The largest absolute Gasteiger partial charge is 0.493 e. The number of aliphatic hydroxyl groups excluding tert-OH is 1. The van der Waals surface area contributed by atoms with E-state index < -0.39 is 11.9 Å². The lowest BCUT2D eigenvalue weighted by Crippen LogP contribution is -2.06. The zero-order valence-corrected chi connectivity index (χ0v) is 13.2. The fourth-order valence-corrected chi connectivity index (χ4v) is 2.63. The van der Waals surface area contributed by atoms with Crippen molar-refractivity contribution in [2.75, 3.05) is 14.2 Å². The fourth-order valence-electron chi connectivity index (χ4n) is 1.94. The van der Waals surface area contributed by atoms with Crippen molar-refractivity contribution in [3.8, 4) is 11.5 Å². The second kappa shape index (κ2) is 6.41. The van der Waals surface area contributed by atoms with Crippen molar-refractivity contribution in [2.24, 2.45) is 0 Å². The number of ether oxygens (including phenoxy) is 2. The Bertz CT molecular complexity index is 616. The highest BCUT2D eigenvalue weighted by molar-refractivity contribution is 14.1. The summed E-state index contributed by atoms with van der Waals surface area (Å²) in [6, 6.07) is 9.97. The van der Waals surface area contributed by atoms with E-state index in [1.165, 1.54) is 26.4 Å². The van der Waals surface area contributed by atoms with Gasteiger partial charge in [-0.3, -0.25) is 0 Å². The minimum Gasteiger partial charge on any atom is -0.493 e. The third kappa shape index (κ3) is 2.88. The summed E-state index contributed by atoms with van der Waals surface area (Å²) >= 11 is 2.11. The normalized spacial score (nSPS) is 12.1. The summed E-state index contributed by atoms with van der Waals surface area (Å²) in [5.74, 6) is 0.146. The van der Waals surface area contributed by atoms with Crippen LogP contribution >= 0.6 is 22.6 Å². The number of hydrogen-bond acceptors (Lipinski definition) is 3. The maximum absolute atomic E-state index is 14.1. The lowest BCUT2D eigenvalue weighted by atomic mass is 10.0. The van der Waals surface area contributed by atoms with E-state index in [1.54, 1.807) is 12.1 Å². The molecular formula is C15H14FIO3. The van der Waals surface area contributed by atoms with Gasteiger partial charge < -0.3 is 14.6 Å². The van der Waals surface area contributed by atoms with E-state index >= 15 is 0 Å². The van der Waals surface area contributed by atoms with Gasteiger partial charge in [-0.15, -0.1) is 0 Å². The zero-order chi connectivity index (χ0) is 14.7. The number of rotatable bonds is 4.